The number of phenols is 1. The Morgan fingerprint density at radius 1 is 0.759 bits per heavy atom. The Morgan fingerprint density at radius 2 is 1.14 bits per heavy atom. The zero-order chi connectivity index (χ0) is 22.3. The molecule has 158 valence electrons. The van der Waals surface area contributed by atoms with Crippen molar-refractivity contribution in [3.8, 4) is 5.75 Å². The van der Waals surface area contributed by atoms with Gasteiger partial charge >= 0.3 is 0 Å². The molecule has 0 saturated heterocycles. The van der Waals surface area contributed by atoms with E-state index in [1.165, 1.54) is 6.21 Å². The minimum Gasteiger partial charge on any atom is -0.507 e. The standard InChI is InChI=1S/C21H23F5N2O/c1-20(2,3)11-7-10(8-12(19(11)29)21(4,5)6)9-27-28-18-16(25)14(23)13(22)15(24)17(18)26/h7-9,28-29H,1-6H3. The van der Waals surface area contributed by atoms with Crippen LogP contribution in [0.1, 0.15) is 58.2 Å². The van der Waals surface area contributed by atoms with Gasteiger partial charge in [0.1, 0.15) is 11.4 Å². The molecule has 2 aromatic carbocycles. The topological polar surface area (TPSA) is 44.6 Å². The molecule has 2 N–H and O–H groups in total. The van der Waals surface area contributed by atoms with Crippen LogP contribution in [-0.4, -0.2) is 11.3 Å². The highest BCUT2D eigenvalue weighted by atomic mass is 19.2. The van der Waals surface area contributed by atoms with Gasteiger partial charge in [0.25, 0.3) is 0 Å². The fraction of sp³-hybridized carbons (Fsp3) is 0.381. The van der Waals surface area contributed by atoms with Crippen LogP contribution < -0.4 is 5.43 Å². The van der Waals surface area contributed by atoms with E-state index in [0.29, 0.717) is 16.7 Å². The van der Waals surface area contributed by atoms with E-state index < -0.39 is 45.6 Å². The molecule has 2 rings (SSSR count). The lowest BCUT2D eigenvalue weighted by atomic mass is 9.78. The number of benzene rings is 2. The molecule has 29 heavy (non-hydrogen) atoms. The van der Waals surface area contributed by atoms with E-state index in [0.717, 1.165) is 0 Å². The van der Waals surface area contributed by atoms with Crippen molar-refractivity contribution in [2.24, 2.45) is 5.10 Å². The number of rotatable bonds is 3. The molecule has 0 unspecified atom stereocenters. The van der Waals surface area contributed by atoms with Gasteiger partial charge in [0, 0.05) is 11.1 Å². The maximum absolute atomic E-state index is 13.7. The van der Waals surface area contributed by atoms with Crippen LogP contribution in [0.3, 0.4) is 0 Å². The molecule has 0 saturated carbocycles. The van der Waals surface area contributed by atoms with Crippen molar-refractivity contribution in [3.63, 3.8) is 0 Å². The molecule has 0 amide bonds. The highest BCUT2D eigenvalue weighted by molar-refractivity contribution is 5.82. The summed E-state index contributed by atoms with van der Waals surface area (Å²) >= 11 is 0. The molecule has 0 radical (unpaired) electrons. The normalized spacial score (nSPS) is 12.7. The van der Waals surface area contributed by atoms with Crippen LogP contribution in [0, 0.1) is 29.1 Å². The quantitative estimate of drug-likeness (QED) is 0.209. The smallest absolute Gasteiger partial charge is 0.200 e. The average molecular weight is 414 g/mol. The summed E-state index contributed by atoms with van der Waals surface area (Å²) < 4.78 is 67.2. The average Bonchev–Trinajstić information content (AvgIpc) is 2.60. The monoisotopic (exact) mass is 414 g/mol. The van der Waals surface area contributed by atoms with Crippen molar-refractivity contribution >= 4 is 11.9 Å². The summed E-state index contributed by atoms with van der Waals surface area (Å²) in [6.45, 7) is 11.4. The van der Waals surface area contributed by atoms with Crippen molar-refractivity contribution in [3.05, 3.63) is 57.9 Å². The maximum atomic E-state index is 13.7. The van der Waals surface area contributed by atoms with Gasteiger partial charge in [-0.1, -0.05) is 41.5 Å². The van der Waals surface area contributed by atoms with Crippen molar-refractivity contribution in [2.45, 2.75) is 52.4 Å². The van der Waals surface area contributed by atoms with E-state index in [9.17, 15) is 27.1 Å². The lowest BCUT2D eigenvalue weighted by Crippen LogP contribution is -2.18. The highest BCUT2D eigenvalue weighted by Crippen LogP contribution is 2.39. The van der Waals surface area contributed by atoms with Crippen LogP contribution in [0.5, 0.6) is 5.75 Å². The second-order valence-electron chi connectivity index (χ2n) is 8.78. The number of anilines is 1. The first-order chi connectivity index (χ1) is 13.2. The van der Waals surface area contributed by atoms with Crippen molar-refractivity contribution in [2.75, 3.05) is 5.43 Å². The zero-order valence-corrected chi connectivity index (χ0v) is 17.0. The van der Waals surface area contributed by atoms with Gasteiger partial charge in [0.15, 0.2) is 23.3 Å². The van der Waals surface area contributed by atoms with Crippen molar-refractivity contribution < 1.29 is 27.1 Å². The van der Waals surface area contributed by atoms with Gasteiger partial charge in [-0.3, -0.25) is 5.43 Å². The summed E-state index contributed by atoms with van der Waals surface area (Å²) in [5.74, 6) is -10.2. The van der Waals surface area contributed by atoms with E-state index in [1.54, 1.807) is 12.1 Å². The van der Waals surface area contributed by atoms with Gasteiger partial charge in [-0.15, -0.1) is 0 Å². The summed E-state index contributed by atoms with van der Waals surface area (Å²) in [6.07, 6.45) is 1.18. The zero-order valence-electron chi connectivity index (χ0n) is 17.0. The Hall–Kier alpha value is -2.64. The predicted molar refractivity (Wildman–Crippen MR) is 103 cm³/mol. The van der Waals surface area contributed by atoms with Gasteiger partial charge in [-0.25, -0.2) is 22.0 Å². The first kappa shape index (κ1) is 22.6. The molecule has 0 spiro atoms. The molecule has 0 heterocycles. The highest BCUT2D eigenvalue weighted by Gasteiger charge is 2.27. The van der Waals surface area contributed by atoms with E-state index in [-0.39, 0.29) is 5.75 Å². The predicted octanol–water partition coefficient (Wildman–Crippen LogP) is 6.13. The molecule has 0 atom stereocenters. The summed E-state index contributed by atoms with van der Waals surface area (Å²) in [5.41, 5.74) is 1.54. The molecule has 0 aliphatic carbocycles. The largest absolute Gasteiger partial charge is 0.507 e. The van der Waals surface area contributed by atoms with E-state index in [4.69, 9.17) is 0 Å². The molecule has 3 nitrogen and oxygen atoms in total. The van der Waals surface area contributed by atoms with Gasteiger partial charge in [-0.2, -0.15) is 5.10 Å². The number of nitrogens with one attached hydrogen (secondary N) is 1. The molecule has 0 fully saturated rings. The van der Waals surface area contributed by atoms with Gasteiger partial charge in [0.05, 0.1) is 6.21 Å². The molecule has 0 bridgehead atoms. The minimum atomic E-state index is -2.24. The summed E-state index contributed by atoms with van der Waals surface area (Å²) in [4.78, 5) is 0. The number of phenolic OH excluding ortho intramolecular Hbond substituents is 1. The third-order valence-electron chi connectivity index (χ3n) is 4.35. The molecular weight excluding hydrogens is 391 g/mol. The summed E-state index contributed by atoms with van der Waals surface area (Å²) in [6, 6.07) is 3.29. The lowest BCUT2D eigenvalue weighted by Gasteiger charge is -2.27. The van der Waals surface area contributed by atoms with E-state index >= 15 is 0 Å². The third kappa shape index (κ3) is 4.52. The molecule has 2 aromatic rings. The van der Waals surface area contributed by atoms with E-state index in [2.05, 4.69) is 5.10 Å². The van der Waals surface area contributed by atoms with Crippen LogP contribution in [0.25, 0.3) is 0 Å². The van der Waals surface area contributed by atoms with Crippen LogP contribution in [0.4, 0.5) is 27.6 Å². The Balaban J connectivity index is 2.49. The Labute approximate surface area is 166 Å². The van der Waals surface area contributed by atoms with Crippen LogP contribution >= 0.6 is 0 Å². The fourth-order valence-electron chi connectivity index (χ4n) is 2.75. The number of hydrogen-bond acceptors (Lipinski definition) is 3. The molecule has 0 aliphatic heterocycles. The van der Waals surface area contributed by atoms with Crippen molar-refractivity contribution in [1.29, 1.82) is 0 Å². The lowest BCUT2D eigenvalue weighted by molar-refractivity contribution is 0.381. The van der Waals surface area contributed by atoms with Crippen molar-refractivity contribution in [1.82, 2.24) is 0 Å². The number of hydrazone groups is 1. The van der Waals surface area contributed by atoms with Crippen LogP contribution in [0.2, 0.25) is 0 Å². The second kappa shape index (κ2) is 7.65. The minimum absolute atomic E-state index is 0.134. The number of aromatic hydroxyl groups is 1. The molecule has 0 aromatic heterocycles. The fourth-order valence-corrected chi connectivity index (χ4v) is 2.75. The number of hydrogen-bond donors (Lipinski definition) is 2. The summed E-state index contributed by atoms with van der Waals surface area (Å²) in [5, 5.41) is 14.3. The Kier molecular flexibility index (Phi) is 5.97. The Morgan fingerprint density at radius 3 is 1.52 bits per heavy atom. The molecule has 8 heteroatoms. The van der Waals surface area contributed by atoms with E-state index in [1.807, 2.05) is 47.0 Å². The van der Waals surface area contributed by atoms with Crippen LogP contribution in [0.15, 0.2) is 17.2 Å². The number of halogens is 5. The molecular formula is C21H23F5N2O. The Bertz CT molecular complexity index is 908. The first-order valence-electron chi connectivity index (χ1n) is 8.84. The number of nitrogens with zero attached hydrogens (tertiary/aromatic N) is 1. The van der Waals surface area contributed by atoms with Gasteiger partial charge in [-0.05, 0) is 28.5 Å². The second-order valence-corrected chi connectivity index (χ2v) is 8.78. The SMILES string of the molecule is CC(C)(C)c1cc(C=NNc2c(F)c(F)c(F)c(F)c2F)cc(C(C)(C)C)c1O. The molecule has 0 aliphatic rings. The third-order valence-corrected chi connectivity index (χ3v) is 4.35. The van der Waals surface area contributed by atoms with Crippen LogP contribution in [-0.2, 0) is 10.8 Å². The van der Waals surface area contributed by atoms with Gasteiger partial charge < -0.3 is 5.11 Å². The van der Waals surface area contributed by atoms with Gasteiger partial charge in [0.2, 0.25) is 5.82 Å². The maximum Gasteiger partial charge on any atom is 0.200 e. The summed E-state index contributed by atoms with van der Waals surface area (Å²) in [7, 11) is 0. The first-order valence-corrected chi connectivity index (χ1v) is 8.84.